The van der Waals surface area contributed by atoms with Gasteiger partial charge in [0.15, 0.2) is 0 Å². The Hall–Kier alpha value is -1.70. The molecule has 0 aliphatic rings. The minimum Gasteiger partial charge on any atom is -0.487 e. The minimum absolute atomic E-state index is 0.159. The van der Waals surface area contributed by atoms with Crippen molar-refractivity contribution in [3.63, 3.8) is 0 Å². The van der Waals surface area contributed by atoms with Gasteiger partial charge in [0.25, 0.3) is 0 Å². The van der Waals surface area contributed by atoms with Gasteiger partial charge in [-0.05, 0) is 30.3 Å². The quantitative estimate of drug-likeness (QED) is 0.935. The molecule has 4 nitrogen and oxygen atoms in total. The summed E-state index contributed by atoms with van der Waals surface area (Å²) < 4.78 is 54.6. The van der Waals surface area contributed by atoms with E-state index in [1.165, 1.54) is 12.1 Å². The first-order chi connectivity index (χ1) is 9.77. The first-order valence-corrected chi connectivity index (χ1v) is 7.59. The standard InChI is InChI=1S/C13H10ClF2NO3S/c14-9-2-1-8(11(16)5-9)7-20-12-4-3-10(15)6-13(12)21(17,18)19/h1-6H,7H2,(H2,17,18,19). The van der Waals surface area contributed by atoms with Gasteiger partial charge in [-0.1, -0.05) is 17.7 Å². The number of sulfonamides is 1. The molecule has 0 spiro atoms. The van der Waals surface area contributed by atoms with Gasteiger partial charge in [0.2, 0.25) is 10.0 Å². The van der Waals surface area contributed by atoms with Crippen molar-refractivity contribution < 1.29 is 21.9 Å². The van der Waals surface area contributed by atoms with Crippen LogP contribution in [0.15, 0.2) is 41.3 Å². The molecule has 2 aromatic rings. The second kappa shape index (κ2) is 5.97. The van der Waals surface area contributed by atoms with Crippen LogP contribution in [0, 0.1) is 11.6 Å². The SMILES string of the molecule is NS(=O)(=O)c1cc(F)ccc1OCc1ccc(Cl)cc1F. The topological polar surface area (TPSA) is 69.4 Å². The van der Waals surface area contributed by atoms with E-state index >= 15 is 0 Å². The Morgan fingerprint density at radius 2 is 1.86 bits per heavy atom. The third-order valence-corrected chi connectivity index (χ3v) is 3.78. The maximum absolute atomic E-state index is 13.6. The maximum Gasteiger partial charge on any atom is 0.241 e. The fourth-order valence-corrected chi connectivity index (χ4v) is 2.46. The number of hydrogen-bond donors (Lipinski definition) is 1. The lowest BCUT2D eigenvalue weighted by Crippen LogP contribution is -2.14. The van der Waals surface area contributed by atoms with Gasteiger partial charge in [0, 0.05) is 10.6 Å². The molecule has 112 valence electrons. The fraction of sp³-hybridized carbons (Fsp3) is 0.0769. The van der Waals surface area contributed by atoms with E-state index in [0.717, 1.165) is 24.3 Å². The van der Waals surface area contributed by atoms with Gasteiger partial charge in [-0.25, -0.2) is 22.3 Å². The predicted molar refractivity (Wildman–Crippen MR) is 73.5 cm³/mol. The van der Waals surface area contributed by atoms with E-state index in [4.69, 9.17) is 21.5 Å². The summed E-state index contributed by atoms with van der Waals surface area (Å²) in [5, 5.41) is 5.20. The molecule has 0 bridgehead atoms. The van der Waals surface area contributed by atoms with Crippen LogP contribution in [0.4, 0.5) is 8.78 Å². The summed E-state index contributed by atoms with van der Waals surface area (Å²) in [6.07, 6.45) is 0. The third kappa shape index (κ3) is 3.90. The van der Waals surface area contributed by atoms with Crippen LogP contribution in [0.25, 0.3) is 0 Å². The maximum atomic E-state index is 13.6. The molecule has 0 aliphatic heterocycles. The molecule has 0 aromatic heterocycles. The summed E-state index contributed by atoms with van der Waals surface area (Å²) in [7, 11) is -4.16. The van der Waals surface area contributed by atoms with Crippen LogP contribution in [-0.4, -0.2) is 8.42 Å². The van der Waals surface area contributed by atoms with Gasteiger partial charge in [0.1, 0.15) is 28.9 Å². The average molecular weight is 334 g/mol. The van der Waals surface area contributed by atoms with Gasteiger partial charge in [0.05, 0.1) is 0 Å². The Morgan fingerprint density at radius 3 is 2.48 bits per heavy atom. The molecule has 2 rings (SSSR count). The molecule has 0 atom stereocenters. The van der Waals surface area contributed by atoms with E-state index in [2.05, 4.69) is 0 Å². The number of hydrogen-bond acceptors (Lipinski definition) is 3. The Kier molecular flexibility index (Phi) is 4.46. The largest absolute Gasteiger partial charge is 0.487 e. The van der Waals surface area contributed by atoms with Crippen molar-refractivity contribution in [1.29, 1.82) is 0 Å². The van der Waals surface area contributed by atoms with E-state index in [1.807, 2.05) is 0 Å². The first kappa shape index (κ1) is 15.7. The second-order valence-electron chi connectivity index (χ2n) is 4.16. The van der Waals surface area contributed by atoms with Gasteiger partial charge >= 0.3 is 0 Å². The van der Waals surface area contributed by atoms with Crippen LogP contribution >= 0.6 is 11.6 Å². The van der Waals surface area contributed by atoms with Gasteiger partial charge in [-0.3, -0.25) is 0 Å². The second-order valence-corrected chi connectivity index (χ2v) is 6.13. The minimum atomic E-state index is -4.16. The van der Waals surface area contributed by atoms with Crippen molar-refractivity contribution in [3.8, 4) is 5.75 Å². The molecule has 8 heteroatoms. The number of benzene rings is 2. The Bertz CT molecular complexity index is 781. The number of primary sulfonamides is 1. The summed E-state index contributed by atoms with van der Waals surface area (Å²) in [5.74, 6) is -1.53. The van der Waals surface area contributed by atoms with Gasteiger partial charge in [-0.15, -0.1) is 0 Å². The molecule has 0 unspecified atom stereocenters. The molecule has 0 fully saturated rings. The number of nitrogens with two attached hydrogens (primary N) is 1. The third-order valence-electron chi connectivity index (χ3n) is 2.61. The van der Waals surface area contributed by atoms with Crippen LogP contribution < -0.4 is 9.88 Å². The predicted octanol–water partition coefficient (Wildman–Crippen LogP) is 2.84. The van der Waals surface area contributed by atoms with Crippen LogP contribution in [0.5, 0.6) is 5.75 Å². The highest BCUT2D eigenvalue weighted by Gasteiger charge is 2.17. The molecule has 2 N–H and O–H groups in total. The number of rotatable bonds is 4. The lowest BCUT2D eigenvalue weighted by atomic mass is 10.2. The van der Waals surface area contributed by atoms with E-state index < -0.39 is 26.6 Å². The molecule has 0 aliphatic carbocycles. The van der Waals surface area contributed by atoms with Crippen LogP contribution in [0.1, 0.15) is 5.56 Å². The average Bonchev–Trinajstić information content (AvgIpc) is 2.38. The highest BCUT2D eigenvalue weighted by atomic mass is 35.5. The highest BCUT2D eigenvalue weighted by Crippen LogP contribution is 2.25. The first-order valence-electron chi connectivity index (χ1n) is 5.66. The van der Waals surface area contributed by atoms with Crippen LogP contribution in [0.3, 0.4) is 0 Å². The molecule has 0 heterocycles. The van der Waals surface area contributed by atoms with Crippen molar-refractivity contribution in [2.75, 3.05) is 0 Å². The number of ether oxygens (including phenoxy) is 1. The van der Waals surface area contributed by atoms with Crippen molar-refractivity contribution >= 4 is 21.6 Å². The fourth-order valence-electron chi connectivity index (χ4n) is 1.62. The van der Waals surface area contributed by atoms with E-state index in [-0.39, 0.29) is 22.9 Å². The van der Waals surface area contributed by atoms with Gasteiger partial charge < -0.3 is 4.74 Å². The lowest BCUT2D eigenvalue weighted by molar-refractivity contribution is 0.291. The molecule has 0 saturated heterocycles. The summed E-state index contributed by atoms with van der Waals surface area (Å²) in [6.45, 7) is -0.253. The zero-order chi connectivity index (χ0) is 15.6. The normalized spacial score (nSPS) is 11.4. The van der Waals surface area contributed by atoms with Crippen molar-refractivity contribution in [3.05, 3.63) is 58.6 Å². The number of halogens is 3. The molecule has 21 heavy (non-hydrogen) atoms. The monoisotopic (exact) mass is 333 g/mol. The summed E-state index contributed by atoms with van der Waals surface area (Å²) in [6, 6.07) is 6.84. The zero-order valence-corrected chi connectivity index (χ0v) is 12.1. The van der Waals surface area contributed by atoms with Crippen molar-refractivity contribution in [2.24, 2.45) is 5.14 Å². The molecular weight excluding hydrogens is 324 g/mol. The Labute approximate surface area is 125 Å². The molecular formula is C13H10ClF2NO3S. The molecule has 0 radical (unpaired) electrons. The van der Waals surface area contributed by atoms with E-state index in [9.17, 15) is 17.2 Å². The van der Waals surface area contributed by atoms with Crippen LogP contribution in [0.2, 0.25) is 5.02 Å². The zero-order valence-electron chi connectivity index (χ0n) is 10.5. The van der Waals surface area contributed by atoms with Crippen molar-refractivity contribution in [2.45, 2.75) is 11.5 Å². The van der Waals surface area contributed by atoms with Crippen molar-refractivity contribution in [1.82, 2.24) is 0 Å². The molecule has 0 saturated carbocycles. The van der Waals surface area contributed by atoms with Crippen LogP contribution in [-0.2, 0) is 16.6 Å². The van der Waals surface area contributed by atoms with E-state index in [1.54, 1.807) is 0 Å². The van der Waals surface area contributed by atoms with Gasteiger partial charge in [-0.2, -0.15) is 0 Å². The summed E-state index contributed by atoms with van der Waals surface area (Å²) in [5.41, 5.74) is 0.170. The smallest absolute Gasteiger partial charge is 0.241 e. The summed E-state index contributed by atoms with van der Waals surface area (Å²) >= 11 is 5.62. The Morgan fingerprint density at radius 1 is 1.14 bits per heavy atom. The lowest BCUT2D eigenvalue weighted by Gasteiger charge is -2.11. The molecule has 0 amide bonds. The van der Waals surface area contributed by atoms with E-state index in [0.29, 0.717) is 0 Å². The summed E-state index contributed by atoms with van der Waals surface area (Å²) in [4.78, 5) is -0.503. The highest BCUT2D eigenvalue weighted by molar-refractivity contribution is 7.89. The molecule has 2 aromatic carbocycles. The Balaban J connectivity index is 2.28.